The van der Waals surface area contributed by atoms with E-state index in [0.717, 1.165) is 32.0 Å². The molecular formula is C9H17NOS. The van der Waals surface area contributed by atoms with Gasteiger partial charge in [-0.3, -0.25) is 0 Å². The molecule has 12 heavy (non-hydrogen) atoms. The summed E-state index contributed by atoms with van der Waals surface area (Å²) in [5.74, 6) is 0.973. The van der Waals surface area contributed by atoms with Crippen LogP contribution in [-0.4, -0.2) is 18.2 Å². The maximum Gasteiger partial charge on any atom is 0.0728 e. The lowest BCUT2D eigenvalue weighted by Crippen LogP contribution is -2.09. The molecule has 0 heterocycles. The highest BCUT2D eigenvalue weighted by Gasteiger charge is 2.20. The predicted octanol–water partition coefficient (Wildman–Crippen LogP) is 1.87. The highest BCUT2D eigenvalue weighted by atomic mass is 32.1. The van der Waals surface area contributed by atoms with E-state index in [1.165, 1.54) is 19.3 Å². The van der Waals surface area contributed by atoms with Gasteiger partial charge in [-0.25, -0.2) is 0 Å². The van der Waals surface area contributed by atoms with Gasteiger partial charge in [0.1, 0.15) is 0 Å². The minimum atomic E-state index is 0.598. The van der Waals surface area contributed by atoms with Crippen molar-refractivity contribution in [3.05, 3.63) is 0 Å². The quantitative estimate of drug-likeness (QED) is 0.488. The molecule has 1 saturated carbocycles. The molecule has 70 valence electrons. The van der Waals surface area contributed by atoms with Crippen molar-refractivity contribution >= 4 is 17.2 Å². The maximum absolute atomic E-state index is 5.42. The van der Waals surface area contributed by atoms with Gasteiger partial charge in [0.05, 0.1) is 4.99 Å². The van der Waals surface area contributed by atoms with Crippen LogP contribution in [-0.2, 0) is 4.74 Å². The van der Waals surface area contributed by atoms with Crippen LogP contribution in [0.15, 0.2) is 0 Å². The lowest BCUT2D eigenvalue weighted by molar-refractivity contribution is 0.127. The van der Waals surface area contributed by atoms with Crippen LogP contribution in [0.3, 0.4) is 0 Å². The second-order valence-electron chi connectivity index (χ2n) is 3.41. The molecule has 1 aliphatic rings. The maximum atomic E-state index is 5.42. The number of hydrogen-bond acceptors (Lipinski definition) is 2. The third-order valence-corrected chi connectivity index (χ3v) is 2.28. The van der Waals surface area contributed by atoms with Crippen LogP contribution in [0.5, 0.6) is 0 Å². The normalized spacial score (nSPS) is 16.3. The second-order valence-corrected chi connectivity index (χ2v) is 3.94. The third kappa shape index (κ3) is 5.49. The Bertz CT molecular complexity index is 145. The molecule has 0 aromatic heterocycles. The molecule has 0 amide bonds. The summed E-state index contributed by atoms with van der Waals surface area (Å²) in [6.07, 6.45) is 5.86. The standard InChI is InChI=1S/C9H17NOS/c10-9(12)2-1-6-11-7-5-8-3-4-8/h8H,1-7H2,(H2,10,12). The topological polar surface area (TPSA) is 35.2 Å². The smallest absolute Gasteiger partial charge is 0.0728 e. The summed E-state index contributed by atoms with van der Waals surface area (Å²) in [6, 6.07) is 0. The highest BCUT2D eigenvalue weighted by molar-refractivity contribution is 7.80. The summed E-state index contributed by atoms with van der Waals surface area (Å²) in [6.45, 7) is 1.73. The molecule has 0 atom stereocenters. The monoisotopic (exact) mass is 187 g/mol. The van der Waals surface area contributed by atoms with Gasteiger partial charge in [0.2, 0.25) is 0 Å². The molecule has 0 unspecified atom stereocenters. The molecular weight excluding hydrogens is 170 g/mol. The molecule has 0 spiro atoms. The zero-order valence-electron chi connectivity index (χ0n) is 7.42. The third-order valence-electron chi connectivity index (χ3n) is 2.08. The lowest BCUT2D eigenvalue weighted by Gasteiger charge is -2.02. The Hall–Kier alpha value is -0.150. The van der Waals surface area contributed by atoms with Crippen molar-refractivity contribution in [2.75, 3.05) is 13.2 Å². The van der Waals surface area contributed by atoms with Crippen LogP contribution in [0.1, 0.15) is 32.1 Å². The molecule has 0 bridgehead atoms. The number of rotatable bonds is 7. The van der Waals surface area contributed by atoms with Gasteiger partial charge in [-0.1, -0.05) is 25.1 Å². The Morgan fingerprint density at radius 2 is 2.17 bits per heavy atom. The van der Waals surface area contributed by atoms with Gasteiger partial charge < -0.3 is 10.5 Å². The Labute approximate surface area is 79.5 Å². The number of nitrogens with two attached hydrogens (primary N) is 1. The number of thiocarbonyl (C=S) groups is 1. The fourth-order valence-corrected chi connectivity index (χ4v) is 1.25. The zero-order valence-corrected chi connectivity index (χ0v) is 8.24. The van der Waals surface area contributed by atoms with Crippen LogP contribution < -0.4 is 5.73 Å². The lowest BCUT2D eigenvalue weighted by atomic mass is 10.3. The first-order chi connectivity index (χ1) is 5.79. The first-order valence-corrected chi connectivity index (χ1v) is 5.06. The highest BCUT2D eigenvalue weighted by Crippen LogP contribution is 2.32. The minimum absolute atomic E-state index is 0.598. The Balaban J connectivity index is 1.73. The molecule has 2 nitrogen and oxygen atoms in total. The Kier molecular flexibility index (Phi) is 4.54. The van der Waals surface area contributed by atoms with Gasteiger partial charge in [0, 0.05) is 13.2 Å². The van der Waals surface area contributed by atoms with Crippen molar-refractivity contribution in [3.8, 4) is 0 Å². The summed E-state index contributed by atoms with van der Waals surface area (Å²) in [5, 5.41) is 0. The van der Waals surface area contributed by atoms with E-state index in [1.807, 2.05) is 0 Å². The number of hydrogen-bond donors (Lipinski definition) is 1. The molecule has 1 aliphatic carbocycles. The van der Waals surface area contributed by atoms with Crippen LogP contribution in [0.2, 0.25) is 0 Å². The molecule has 0 aromatic rings. The summed E-state index contributed by atoms with van der Waals surface area (Å²) in [4.78, 5) is 0.598. The molecule has 2 N–H and O–H groups in total. The fraction of sp³-hybridized carbons (Fsp3) is 0.889. The second kappa shape index (κ2) is 5.49. The summed E-state index contributed by atoms with van der Waals surface area (Å²) in [7, 11) is 0. The zero-order chi connectivity index (χ0) is 8.81. The van der Waals surface area contributed by atoms with Crippen molar-refractivity contribution in [1.29, 1.82) is 0 Å². The molecule has 0 aliphatic heterocycles. The first kappa shape index (κ1) is 9.93. The van der Waals surface area contributed by atoms with Gasteiger partial charge in [-0.2, -0.15) is 0 Å². The summed E-state index contributed by atoms with van der Waals surface area (Å²) in [5.41, 5.74) is 5.34. The van der Waals surface area contributed by atoms with E-state index in [4.69, 9.17) is 22.7 Å². The van der Waals surface area contributed by atoms with E-state index in [9.17, 15) is 0 Å². The molecule has 3 heteroatoms. The van der Waals surface area contributed by atoms with Crippen molar-refractivity contribution in [2.45, 2.75) is 32.1 Å². The average molecular weight is 187 g/mol. The number of ether oxygens (including phenoxy) is 1. The molecule has 0 saturated heterocycles. The van der Waals surface area contributed by atoms with E-state index in [-0.39, 0.29) is 0 Å². The van der Waals surface area contributed by atoms with Crippen molar-refractivity contribution < 1.29 is 4.74 Å². The molecule has 0 aromatic carbocycles. The van der Waals surface area contributed by atoms with Gasteiger partial charge >= 0.3 is 0 Å². The SMILES string of the molecule is NC(=S)CCCOCCC1CC1. The van der Waals surface area contributed by atoms with Crippen LogP contribution in [0, 0.1) is 5.92 Å². The fourth-order valence-electron chi connectivity index (χ4n) is 1.11. The first-order valence-electron chi connectivity index (χ1n) is 4.65. The van der Waals surface area contributed by atoms with E-state index in [2.05, 4.69) is 0 Å². The summed E-state index contributed by atoms with van der Waals surface area (Å²) < 4.78 is 5.42. The predicted molar refractivity (Wildman–Crippen MR) is 54.2 cm³/mol. The molecule has 1 rings (SSSR count). The van der Waals surface area contributed by atoms with Gasteiger partial charge in [-0.05, 0) is 25.2 Å². The Morgan fingerprint density at radius 3 is 2.75 bits per heavy atom. The van der Waals surface area contributed by atoms with E-state index < -0.39 is 0 Å². The van der Waals surface area contributed by atoms with Crippen LogP contribution in [0.4, 0.5) is 0 Å². The molecule has 1 fully saturated rings. The van der Waals surface area contributed by atoms with Crippen LogP contribution in [0.25, 0.3) is 0 Å². The van der Waals surface area contributed by atoms with Gasteiger partial charge in [0.25, 0.3) is 0 Å². The average Bonchev–Trinajstić information content (AvgIpc) is 2.79. The van der Waals surface area contributed by atoms with Crippen molar-refractivity contribution in [2.24, 2.45) is 11.7 Å². The Morgan fingerprint density at radius 1 is 1.42 bits per heavy atom. The van der Waals surface area contributed by atoms with Crippen LogP contribution >= 0.6 is 12.2 Å². The van der Waals surface area contributed by atoms with E-state index in [1.54, 1.807) is 0 Å². The summed E-state index contributed by atoms with van der Waals surface area (Å²) >= 11 is 4.75. The van der Waals surface area contributed by atoms with Gasteiger partial charge in [-0.15, -0.1) is 0 Å². The van der Waals surface area contributed by atoms with Crippen molar-refractivity contribution in [1.82, 2.24) is 0 Å². The minimum Gasteiger partial charge on any atom is -0.393 e. The van der Waals surface area contributed by atoms with Gasteiger partial charge in [0.15, 0.2) is 0 Å². The van der Waals surface area contributed by atoms with E-state index >= 15 is 0 Å². The largest absolute Gasteiger partial charge is 0.393 e. The van der Waals surface area contributed by atoms with E-state index in [0.29, 0.717) is 4.99 Å². The van der Waals surface area contributed by atoms with Crippen molar-refractivity contribution in [3.63, 3.8) is 0 Å². The molecule has 0 radical (unpaired) electrons.